The zero-order chi connectivity index (χ0) is 20.7. The van der Waals surface area contributed by atoms with Crippen molar-refractivity contribution >= 4 is 39.9 Å². The number of carbonyl (C=O) groups excluding carboxylic acids is 1. The van der Waals surface area contributed by atoms with Crippen LogP contribution in [0.5, 0.6) is 5.75 Å². The molecule has 0 N–H and O–H groups in total. The van der Waals surface area contributed by atoms with Crippen LogP contribution in [0.1, 0.15) is 23.6 Å². The first kappa shape index (κ1) is 19.3. The van der Waals surface area contributed by atoms with Crippen LogP contribution in [0.15, 0.2) is 41.2 Å². The maximum atomic E-state index is 12.8. The minimum atomic E-state index is -0.364. The lowest BCUT2D eigenvalue weighted by molar-refractivity contribution is -0.131. The van der Waals surface area contributed by atoms with E-state index in [-0.39, 0.29) is 11.5 Å². The number of carbonyl (C=O) groups is 1. The van der Waals surface area contributed by atoms with Crippen molar-refractivity contribution in [1.29, 1.82) is 0 Å². The number of aryl methyl sites for hydroxylation is 2. The van der Waals surface area contributed by atoms with E-state index >= 15 is 0 Å². The van der Waals surface area contributed by atoms with Gasteiger partial charge in [0.2, 0.25) is 4.96 Å². The van der Waals surface area contributed by atoms with E-state index in [0.29, 0.717) is 26.1 Å². The molecule has 6 nitrogen and oxygen atoms in total. The molecule has 0 fully saturated rings. The Hall–Kier alpha value is -3.03. The molecule has 0 amide bonds. The number of halogens is 1. The van der Waals surface area contributed by atoms with E-state index in [1.807, 2.05) is 38.1 Å². The highest BCUT2D eigenvalue weighted by Crippen LogP contribution is 2.25. The summed E-state index contributed by atoms with van der Waals surface area (Å²) in [6.07, 6.45) is 1.79. The second kappa shape index (κ2) is 7.42. The van der Waals surface area contributed by atoms with Crippen LogP contribution < -0.4 is 14.8 Å². The Balaban J connectivity index is 1.75. The molecule has 0 unspecified atom stereocenters. The van der Waals surface area contributed by atoms with E-state index in [2.05, 4.69) is 10.1 Å². The molecule has 0 bridgehead atoms. The van der Waals surface area contributed by atoms with Crippen molar-refractivity contribution < 1.29 is 9.53 Å². The first-order valence-corrected chi connectivity index (χ1v) is 9.98. The molecule has 4 rings (SSSR count). The van der Waals surface area contributed by atoms with Gasteiger partial charge in [0.15, 0.2) is 5.82 Å². The van der Waals surface area contributed by atoms with E-state index in [0.717, 1.165) is 22.3 Å². The van der Waals surface area contributed by atoms with Crippen molar-refractivity contribution in [1.82, 2.24) is 14.6 Å². The van der Waals surface area contributed by atoms with Crippen LogP contribution in [-0.4, -0.2) is 20.6 Å². The Labute approximate surface area is 175 Å². The molecule has 0 radical (unpaired) electrons. The molecule has 2 aromatic heterocycles. The van der Waals surface area contributed by atoms with E-state index in [1.54, 1.807) is 18.2 Å². The number of rotatable bonds is 3. The second-order valence-electron chi connectivity index (χ2n) is 6.63. The number of hydrogen-bond donors (Lipinski definition) is 0. The summed E-state index contributed by atoms with van der Waals surface area (Å²) in [5.74, 6) is 0.665. The van der Waals surface area contributed by atoms with Gasteiger partial charge in [-0.25, -0.2) is 0 Å². The molecule has 4 aromatic rings. The highest BCUT2D eigenvalue weighted by molar-refractivity contribution is 7.15. The number of benzene rings is 2. The summed E-state index contributed by atoms with van der Waals surface area (Å²) in [6.45, 7) is 5.10. The molecule has 0 aliphatic carbocycles. The van der Waals surface area contributed by atoms with Crippen molar-refractivity contribution in [3.63, 3.8) is 0 Å². The van der Waals surface area contributed by atoms with Crippen molar-refractivity contribution in [3.05, 3.63) is 73.0 Å². The third kappa shape index (κ3) is 3.79. The van der Waals surface area contributed by atoms with Gasteiger partial charge in [-0.05, 0) is 73.0 Å². The fourth-order valence-electron chi connectivity index (χ4n) is 3.08. The molecule has 0 aliphatic rings. The van der Waals surface area contributed by atoms with Crippen molar-refractivity contribution in [2.45, 2.75) is 20.8 Å². The maximum absolute atomic E-state index is 12.8. The van der Waals surface area contributed by atoms with E-state index in [1.165, 1.54) is 22.8 Å². The largest absolute Gasteiger partial charge is 0.426 e. The lowest BCUT2D eigenvalue weighted by Crippen LogP contribution is -2.23. The SMILES string of the molecule is CC(=O)Oc1c(C)cc(C=c2sc3nc(-c4ccc(Cl)cc4)nn3c2=O)cc1C. The summed E-state index contributed by atoms with van der Waals surface area (Å²) in [4.78, 5) is 29.0. The van der Waals surface area contributed by atoms with Gasteiger partial charge in [0.1, 0.15) is 5.75 Å². The van der Waals surface area contributed by atoms with Crippen LogP contribution in [0.25, 0.3) is 22.4 Å². The summed E-state index contributed by atoms with van der Waals surface area (Å²) in [5.41, 5.74) is 3.06. The quantitative estimate of drug-likeness (QED) is 0.370. The Bertz CT molecular complexity index is 1330. The van der Waals surface area contributed by atoms with Crippen LogP contribution >= 0.6 is 22.9 Å². The Morgan fingerprint density at radius 1 is 1.17 bits per heavy atom. The number of esters is 1. The van der Waals surface area contributed by atoms with E-state index in [9.17, 15) is 9.59 Å². The Kier molecular flexibility index (Phi) is 4.94. The molecule has 0 spiro atoms. The maximum Gasteiger partial charge on any atom is 0.308 e. The topological polar surface area (TPSA) is 73.6 Å². The summed E-state index contributed by atoms with van der Waals surface area (Å²) in [6, 6.07) is 10.9. The molecule has 0 saturated carbocycles. The standard InChI is InChI=1S/C21H16ClN3O3S/c1-11-8-14(9-12(2)18(11)28-13(3)26)10-17-20(27)25-21(29-17)23-19(24-25)15-4-6-16(22)7-5-15/h4-10H,1-3H3. The third-order valence-electron chi connectivity index (χ3n) is 4.31. The van der Waals surface area contributed by atoms with Crippen LogP contribution in [-0.2, 0) is 4.79 Å². The summed E-state index contributed by atoms with van der Waals surface area (Å²) in [5, 5.41) is 4.97. The minimum absolute atomic E-state index is 0.225. The smallest absolute Gasteiger partial charge is 0.308 e. The molecule has 0 saturated heterocycles. The van der Waals surface area contributed by atoms with Gasteiger partial charge in [-0.1, -0.05) is 22.9 Å². The molecular weight excluding hydrogens is 410 g/mol. The van der Waals surface area contributed by atoms with Gasteiger partial charge in [-0.3, -0.25) is 9.59 Å². The number of thiazole rings is 1. The lowest BCUT2D eigenvalue weighted by Gasteiger charge is -2.10. The van der Waals surface area contributed by atoms with E-state index < -0.39 is 0 Å². The van der Waals surface area contributed by atoms with Crippen molar-refractivity contribution in [3.8, 4) is 17.1 Å². The fourth-order valence-corrected chi connectivity index (χ4v) is 4.11. The zero-order valence-corrected chi connectivity index (χ0v) is 17.5. The number of nitrogens with zero attached hydrogens (tertiary/aromatic N) is 3. The van der Waals surface area contributed by atoms with Gasteiger partial charge in [0.25, 0.3) is 5.56 Å². The van der Waals surface area contributed by atoms with Gasteiger partial charge in [0, 0.05) is 17.5 Å². The van der Waals surface area contributed by atoms with Crippen LogP contribution in [0.2, 0.25) is 5.02 Å². The van der Waals surface area contributed by atoms with Gasteiger partial charge >= 0.3 is 5.97 Å². The summed E-state index contributed by atoms with van der Waals surface area (Å²) >= 11 is 7.19. The molecule has 0 aliphatic heterocycles. The molecular formula is C21H16ClN3O3S. The first-order valence-electron chi connectivity index (χ1n) is 8.79. The number of hydrogen-bond acceptors (Lipinski definition) is 6. The predicted molar refractivity (Wildman–Crippen MR) is 114 cm³/mol. The van der Waals surface area contributed by atoms with Gasteiger partial charge in [0.05, 0.1) is 4.53 Å². The number of ether oxygens (including phenoxy) is 1. The highest BCUT2D eigenvalue weighted by Gasteiger charge is 2.13. The molecule has 8 heteroatoms. The van der Waals surface area contributed by atoms with Crippen LogP contribution in [0.4, 0.5) is 0 Å². The fraction of sp³-hybridized carbons (Fsp3) is 0.143. The normalized spacial score (nSPS) is 11.9. The van der Waals surface area contributed by atoms with Crippen LogP contribution in [0, 0.1) is 13.8 Å². The molecule has 2 aromatic carbocycles. The van der Waals surface area contributed by atoms with Crippen molar-refractivity contribution in [2.24, 2.45) is 0 Å². The van der Waals surface area contributed by atoms with Gasteiger partial charge in [-0.2, -0.15) is 9.50 Å². The van der Waals surface area contributed by atoms with E-state index in [4.69, 9.17) is 16.3 Å². The molecule has 29 heavy (non-hydrogen) atoms. The summed E-state index contributed by atoms with van der Waals surface area (Å²) < 4.78 is 7.10. The second-order valence-corrected chi connectivity index (χ2v) is 8.08. The minimum Gasteiger partial charge on any atom is -0.426 e. The van der Waals surface area contributed by atoms with Crippen molar-refractivity contribution in [2.75, 3.05) is 0 Å². The average Bonchev–Trinajstić information content (AvgIpc) is 3.19. The Morgan fingerprint density at radius 3 is 2.41 bits per heavy atom. The molecule has 0 atom stereocenters. The molecule has 2 heterocycles. The number of fused-ring (bicyclic) bond motifs is 1. The third-order valence-corrected chi connectivity index (χ3v) is 5.52. The first-order chi connectivity index (χ1) is 13.8. The number of aromatic nitrogens is 3. The summed E-state index contributed by atoms with van der Waals surface area (Å²) in [7, 11) is 0. The lowest BCUT2D eigenvalue weighted by atomic mass is 10.1. The van der Waals surface area contributed by atoms with Crippen LogP contribution in [0.3, 0.4) is 0 Å². The Morgan fingerprint density at radius 2 is 1.83 bits per heavy atom. The van der Waals surface area contributed by atoms with Gasteiger partial charge < -0.3 is 4.74 Å². The zero-order valence-electron chi connectivity index (χ0n) is 15.9. The monoisotopic (exact) mass is 425 g/mol. The highest BCUT2D eigenvalue weighted by atomic mass is 35.5. The predicted octanol–water partition coefficient (Wildman–Crippen LogP) is 3.56. The average molecular weight is 426 g/mol. The molecule has 146 valence electrons. The van der Waals surface area contributed by atoms with Gasteiger partial charge in [-0.15, -0.1) is 5.10 Å².